The van der Waals surface area contributed by atoms with E-state index in [4.69, 9.17) is 0 Å². The number of anilines is 3. The summed E-state index contributed by atoms with van der Waals surface area (Å²) in [6, 6.07) is 9.84. The molecule has 2 N–H and O–H groups in total. The zero-order chi connectivity index (χ0) is 21.5. The molecule has 7 heteroatoms. The molecule has 0 radical (unpaired) electrons. The molecule has 158 valence electrons. The van der Waals surface area contributed by atoms with Gasteiger partial charge in [0, 0.05) is 34.4 Å². The Bertz CT molecular complexity index is 1050. The number of hydrogen-bond acceptors (Lipinski definition) is 6. The predicted octanol–water partition coefficient (Wildman–Crippen LogP) is 4.97. The lowest BCUT2D eigenvalue weighted by Gasteiger charge is -2.53. The lowest BCUT2D eigenvalue weighted by molar-refractivity contribution is -0.00778. The summed E-state index contributed by atoms with van der Waals surface area (Å²) in [5.41, 5.74) is 1.75. The minimum absolute atomic E-state index is 0.00311. The molecule has 0 amide bonds. The number of pyridine rings is 1. The Morgan fingerprint density at radius 1 is 1.07 bits per heavy atom. The van der Waals surface area contributed by atoms with Gasteiger partial charge in [-0.05, 0) is 71.8 Å². The Labute approximate surface area is 176 Å². The Morgan fingerprint density at radius 3 is 2.53 bits per heavy atom. The summed E-state index contributed by atoms with van der Waals surface area (Å²) in [7, 11) is 2.16. The molecule has 1 aromatic carbocycles. The van der Waals surface area contributed by atoms with Gasteiger partial charge in [0.25, 0.3) is 0 Å². The Balaban J connectivity index is 1.54. The fourth-order valence-electron chi connectivity index (χ4n) is 4.48. The van der Waals surface area contributed by atoms with E-state index in [-0.39, 0.29) is 22.9 Å². The summed E-state index contributed by atoms with van der Waals surface area (Å²) in [4.78, 5) is 15.3. The SMILES string of the molecule is CN1C(C)(C)CC(Nc2nc(Nc3ccc4ncccc4c3)ncc2F)CC1(C)C. The Morgan fingerprint density at radius 2 is 1.80 bits per heavy atom. The number of nitrogens with zero attached hydrogens (tertiary/aromatic N) is 4. The Hall–Kier alpha value is -2.80. The van der Waals surface area contributed by atoms with E-state index in [0.717, 1.165) is 29.4 Å². The second-order valence-corrected chi connectivity index (χ2v) is 9.36. The monoisotopic (exact) mass is 408 g/mol. The van der Waals surface area contributed by atoms with Gasteiger partial charge >= 0.3 is 0 Å². The van der Waals surface area contributed by atoms with Crippen LogP contribution in [0.3, 0.4) is 0 Å². The van der Waals surface area contributed by atoms with Crippen LogP contribution in [0, 0.1) is 5.82 Å². The minimum atomic E-state index is -0.446. The molecule has 1 aliphatic heterocycles. The van der Waals surface area contributed by atoms with Crippen molar-refractivity contribution in [2.75, 3.05) is 17.7 Å². The minimum Gasteiger partial charge on any atom is -0.365 e. The van der Waals surface area contributed by atoms with Gasteiger partial charge < -0.3 is 10.6 Å². The van der Waals surface area contributed by atoms with Crippen molar-refractivity contribution in [1.82, 2.24) is 19.9 Å². The van der Waals surface area contributed by atoms with Gasteiger partial charge in [-0.25, -0.2) is 9.37 Å². The summed E-state index contributed by atoms with van der Waals surface area (Å²) in [5, 5.41) is 7.52. The molecular weight excluding hydrogens is 379 g/mol. The van der Waals surface area contributed by atoms with Crippen LogP contribution in [-0.4, -0.2) is 44.0 Å². The van der Waals surface area contributed by atoms with Crippen LogP contribution in [0.25, 0.3) is 10.9 Å². The van der Waals surface area contributed by atoms with Crippen LogP contribution in [0.2, 0.25) is 0 Å². The molecule has 6 nitrogen and oxygen atoms in total. The highest BCUT2D eigenvalue weighted by molar-refractivity contribution is 5.82. The molecule has 2 aromatic heterocycles. The zero-order valence-corrected chi connectivity index (χ0v) is 18.2. The lowest BCUT2D eigenvalue weighted by Crippen LogP contribution is -2.61. The predicted molar refractivity (Wildman–Crippen MR) is 120 cm³/mol. The first-order valence-electron chi connectivity index (χ1n) is 10.3. The molecule has 3 heterocycles. The first kappa shape index (κ1) is 20.5. The zero-order valence-electron chi connectivity index (χ0n) is 18.2. The van der Waals surface area contributed by atoms with Crippen molar-refractivity contribution in [2.45, 2.75) is 57.7 Å². The first-order chi connectivity index (χ1) is 14.1. The molecule has 0 aliphatic carbocycles. The van der Waals surface area contributed by atoms with Gasteiger partial charge in [-0.2, -0.15) is 4.98 Å². The van der Waals surface area contributed by atoms with Crippen molar-refractivity contribution in [1.29, 1.82) is 0 Å². The van der Waals surface area contributed by atoms with Crippen molar-refractivity contribution in [2.24, 2.45) is 0 Å². The average Bonchev–Trinajstić information content (AvgIpc) is 2.68. The molecule has 0 atom stereocenters. The summed E-state index contributed by atoms with van der Waals surface area (Å²) in [5.74, 6) is 0.141. The van der Waals surface area contributed by atoms with Gasteiger partial charge in [-0.15, -0.1) is 0 Å². The van der Waals surface area contributed by atoms with Crippen LogP contribution in [-0.2, 0) is 0 Å². The average molecular weight is 409 g/mol. The Kier molecular flexibility index (Phi) is 5.10. The van der Waals surface area contributed by atoms with E-state index in [0.29, 0.717) is 5.95 Å². The molecule has 30 heavy (non-hydrogen) atoms. The van der Waals surface area contributed by atoms with Gasteiger partial charge in [0.15, 0.2) is 11.6 Å². The molecule has 1 saturated heterocycles. The maximum atomic E-state index is 14.5. The van der Waals surface area contributed by atoms with E-state index in [9.17, 15) is 4.39 Å². The summed E-state index contributed by atoms with van der Waals surface area (Å²) in [6.07, 6.45) is 4.78. The van der Waals surface area contributed by atoms with Crippen molar-refractivity contribution in [3.8, 4) is 0 Å². The molecule has 0 spiro atoms. The molecule has 3 aromatic rings. The molecule has 1 aliphatic rings. The highest BCUT2D eigenvalue weighted by Crippen LogP contribution is 2.38. The normalized spacial score (nSPS) is 19.0. The van der Waals surface area contributed by atoms with Crippen LogP contribution >= 0.6 is 0 Å². The molecular formula is C23H29FN6. The van der Waals surface area contributed by atoms with E-state index < -0.39 is 5.82 Å². The van der Waals surface area contributed by atoms with Crippen molar-refractivity contribution >= 4 is 28.4 Å². The highest BCUT2D eigenvalue weighted by atomic mass is 19.1. The third-order valence-corrected chi connectivity index (χ3v) is 6.25. The summed E-state index contributed by atoms with van der Waals surface area (Å²) >= 11 is 0. The molecule has 4 rings (SSSR count). The number of halogens is 1. The number of rotatable bonds is 4. The van der Waals surface area contributed by atoms with E-state index in [1.165, 1.54) is 6.20 Å². The molecule has 0 unspecified atom stereocenters. The molecule has 1 fully saturated rings. The highest BCUT2D eigenvalue weighted by Gasteiger charge is 2.43. The van der Waals surface area contributed by atoms with E-state index >= 15 is 0 Å². The largest absolute Gasteiger partial charge is 0.365 e. The standard InChI is InChI=1S/C23H29FN6/c1-22(2)12-17(13-23(3,4)30(22)5)27-20-18(24)14-26-21(29-20)28-16-8-9-19-15(11-16)7-6-10-25-19/h6-11,14,17H,12-13H2,1-5H3,(H2,26,27,28,29). The second kappa shape index (κ2) is 7.47. The third kappa shape index (κ3) is 4.07. The second-order valence-electron chi connectivity index (χ2n) is 9.36. The number of fused-ring (bicyclic) bond motifs is 1. The third-order valence-electron chi connectivity index (χ3n) is 6.25. The number of hydrogen-bond donors (Lipinski definition) is 2. The number of nitrogens with one attached hydrogen (secondary N) is 2. The molecule has 0 saturated carbocycles. The number of aromatic nitrogens is 3. The van der Waals surface area contributed by atoms with E-state index in [1.54, 1.807) is 6.20 Å². The van der Waals surface area contributed by atoms with Crippen LogP contribution < -0.4 is 10.6 Å². The first-order valence-corrected chi connectivity index (χ1v) is 10.3. The van der Waals surface area contributed by atoms with Gasteiger partial charge in [0.1, 0.15) is 0 Å². The van der Waals surface area contributed by atoms with Crippen molar-refractivity contribution in [3.05, 3.63) is 48.5 Å². The van der Waals surface area contributed by atoms with Crippen LogP contribution in [0.4, 0.5) is 21.8 Å². The molecule has 0 bridgehead atoms. The van der Waals surface area contributed by atoms with Gasteiger partial charge in [-0.1, -0.05) is 6.07 Å². The lowest BCUT2D eigenvalue weighted by atomic mass is 9.77. The van der Waals surface area contributed by atoms with Gasteiger partial charge in [0.05, 0.1) is 11.7 Å². The van der Waals surface area contributed by atoms with Crippen LogP contribution in [0.1, 0.15) is 40.5 Å². The van der Waals surface area contributed by atoms with E-state index in [2.05, 4.69) is 65.2 Å². The quantitative estimate of drug-likeness (QED) is 0.635. The van der Waals surface area contributed by atoms with Crippen molar-refractivity contribution < 1.29 is 4.39 Å². The van der Waals surface area contributed by atoms with Gasteiger partial charge in [-0.3, -0.25) is 9.88 Å². The van der Waals surface area contributed by atoms with Gasteiger partial charge in [0.2, 0.25) is 5.95 Å². The number of piperidine rings is 1. The van der Waals surface area contributed by atoms with Crippen LogP contribution in [0.15, 0.2) is 42.7 Å². The topological polar surface area (TPSA) is 66.0 Å². The number of benzene rings is 1. The maximum absolute atomic E-state index is 14.5. The summed E-state index contributed by atoms with van der Waals surface area (Å²) in [6.45, 7) is 8.89. The fraction of sp³-hybridized carbons (Fsp3) is 0.435. The maximum Gasteiger partial charge on any atom is 0.229 e. The van der Waals surface area contributed by atoms with E-state index in [1.807, 2.05) is 30.3 Å². The smallest absolute Gasteiger partial charge is 0.229 e. The fourth-order valence-corrected chi connectivity index (χ4v) is 4.48. The summed E-state index contributed by atoms with van der Waals surface area (Å²) < 4.78 is 14.5. The van der Waals surface area contributed by atoms with Crippen LogP contribution in [0.5, 0.6) is 0 Å². The number of likely N-dealkylation sites (tertiary alicyclic amines) is 1. The van der Waals surface area contributed by atoms with Crippen molar-refractivity contribution in [3.63, 3.8) is 0 Å².